The highest BCUT2D eigenvalue weighted by atomic mass is 32.2. The lowest BCUT2D eigenvalue weighted by molar-refractivity contribution is 0.208. The van der Waals surface area contributed by atoms with E-state index in [9.17, 15) is 8.42 Å². The molecule has 0 atom stereocenters. The van der Waals surface area contributed by atoms with Crippen molar-refractivity contribution in [2.45, 2.75) is 4.90 Å². The lowest BCUT2D eigenvalue weighted by Crippen LogP contribution is -2.34. The molecule has 7 nitrogen and oxygen atoms in total. The highest BCUT2D eigenvalue weighted by Gasteiger charge is 2.25. The van der Waals surface area contributed by atoms with Crippen LogP contribution in [0.5, 0.6) is 5.88 Å². The average Bonchev–Trinajstić information content (AvgIpc) is 2.56. The zero-order chi connectivity index (χ0) is 16.0. The molecule has 0 aromatic carbocycles. The fourth-order valence-electron chi connectivity index (χ4n) is 1.84. The van der Waals surface area contributed by atoms with Crippen LogP contribution < -0.4 is 9.04 Å². The topological polar surface area (TPSA) is 81.6 Å². The van der Waals surface area contributed by atoms with Crippen molar-refractivity contribution >= 4 is 15.7 Å². The summed E-state index contributed by atoms with van der Waals surface area (Å²) in [6, 6.07) is 6.23. The van der Waals surface area contributed by atoms with Crippen molar-refractivity contribution in [3.05, 3.63) is 42.9 Å². The minimum absolute atomic E-state index is 0.0845. The summed E-state index contributed by atoms with van der Waals surface area (Å²) in [4.78, 5) is 7.94. The van der Waals surface area contributed by atoms with Gasteiger partial charge in [0.05, 0.1) is 32.1 Å². The summed E-state index contributed by atoms with van der Waals surface area (Å²) in [6.45, 7) is 0.458. The Morgan fingerprint density at radius 2 is 1.86 bits per heavy atom. The van der Waals surface area contributed by atoms with Crippen LogP contribution in [-0.2, 0) is 14.8 Å². The summed E-state index contributed by atoms with van der Waals surface area (Å²) in [5.74, 6) is 0.353. The second kappa shape index (κ2) is 7.19. The highest BCUT2D eigenvalue weighted by Crippen LogP contribution is 2.23. The van der Waals surface area contributed by atoms with E-state index in [-0.39, 0.29) is 18.0 Å². The molecule has 0 saturated carbocycles. The standard InChI is InChI=1S/C14H17N3O4S/c1-20-10-9-17(12-5-7-15-8-6-12)22(18,19)13-3-4-14(21-2)16-11-13/h3-8,11H,9-10H2,1-2H3. The smallest absolute Gasteiger partial charge is 0.265 e. The molecule has 0 aliphatic carbocycles. The zero-order valence-electron chi connectivity index (χ0n) is 12.3. The molecule has 2 heterocycles. The molecule has 0 aliphatic rings. The number of ether oxygens (including phenoxy) is 2. The monoisotopic (exact) mass is 323 g/mol. The first kappa shape index (κ1) is 16.2. The first-order valence-electron chi connectivity index (χ1n) is 6.51. The quantitative estimate of drug-likeness (QED) is 0.764. The molecule has 22 heavy (non-hydrogen) atoms. The molecule has 0 spiro atoms. The van der Waals surface area contributed by atoms with Gasteiger partial charge in [-0.25, -0.2) is 13.4 Å². The maximum atomic E-state index is 12.8. The molecule has 0 aliphatic heterocycles. The number of hydrogen-bond donors (Lipinski definition) is 0. The second-order valence-corrected chi connectivity index (χ2v) is 6.17. The van der Waals surface area contributed by atoms with Crippen LogP contribution in [0.3, 0.4) is 0 Å². The van der Waals surface area contributed by atoms with Gasteiger partial charge in [-0.05, 0) is 18.2 Å². The summed E-state index contributed by atoms with van der Waals surface area (Å²) < 4.78 is 36.8. The number of rotatable bonds is 7. The average molecular weight is 323 g/mol. The van der Waals surface area contributed by atoms with Gasteiger partial charge in [-0.3, -0.25) is 9.29 Å². The Labute approximate surface area is 129 Å². The Morgan fingerprint density at radius 1 is 1.14 bits per heavy atom. The maximum Gasteiger partial charge on any atom is 0.265 e. The van der Waals surface area contributed by atoms with Gasteiger partial charge in [0.15, 0.2) is 0 Å². The van der Waals surface area contributed by atoms with Gasteiger partial charge in [-0.1, -0.05) is 0 Å². The van der Waals surface area contributed by atoms with Crippen molar-refractivity contribution in [1.29, 1.82) is 0 Å². The Kier molecular flexibility index (Phi) is 5.29. The van der Waals surface area contributed by atoms with E-state index in [1.807, 2.05) is 0 Å². The molecule has 118 valence electrons. The Balaban J connectivity index is 2.39. The summed E-state index contributed by atoms with van der Waals surface area (Å²) in [7, 11) is -0.753. The molecule has 2 rings (SSSR count). The van der Waals surface area contributed by atoms with E-state index in [2.05, 4.69) is 9.97 Å². The van der Waals surface area contributed by atoms with Crippen LogP contribution in [0.15, 0.2) is 47.8 Å². The van der Waals surface area contributed by atoms with Gasteiger partial charge in [0.2, 0.25) is 5.88 Å². The van der Waals surface area contributed by atoms with Gasteiger partial charge in [0.1, 0.15) is 4.90 Å². The largest absolute Gasteiger partial charge is 0.481 e. The Hall–Kier alpha value is -2.19. The third-order valence-corrected chi connectivity index (χ3v) is 4.77. The molecule has 0 bridgehead atoms. The predicted octanol–water partition coefficient (Wildman–Crippen LogP) is 1.33. The van der Waals surface area contributed by atoms with E-state index in [1.54, 1.807) is 12.1 Å². The van der Waals surface area contributed by atoms with Crippen molar-refractivity contribution in [2.24, 2.45) is 0 Å². The van der Waals surface area contributed by atoms with Crippen molar-refractivity contribution in [1.82, 2.24) is 9.97 Å². The van der Waals surface area contributed by atoms with Gasteiger partial charge in [-0.15, -0.1) is 0 Å². The van der Waals surface area contributed by atoms with E-state index in [0.717, 1.165) is 0 Å². The van der Waals surface area contributed by atoms with Gasteiger partial charge < -0.3 is 9.47 Å². The maximum absolute atomic E-state index is 12.8. The molecule has 0 unspecified atom stereocenters. The van der Waals surface area contributed by atoms with Crippen molar-refractivity contribution in [3.8, 4) is 5.88 Å². The van der Waals surface area contributed by atoms with Crippen molar-refractivity contribution < 1.29 is 17.9 Å². The lowest BCUT2D eigenvalue weighted by atomic mass is 10.4. The van der Waals surface area contributed by atoms with Gasteiger partial charge in [-0.2, -0.15) is 0 Å². The van der Waals surface area contributed by atoms with E-state index < -0.39 is 10.0 Å². The summed E-state index contributed by atoms with van der Waals surface area (Å²) in [5.41, 5.74) is 0.517. The molecule has 2 aromatic heterocycles. The molecular formula is C14H17N3O4S. The van der Waals surface area contributed by atoms with Crippen LogP contribution in [0.1, 0.15) is 0 Å². The number of sulfonamides is 1. The molecule has 8 heteroatoms. The third-order valence-electron chi connectivity index (χ3n) is 2.96. The lowest BCUT2D eigenvalue weighted by Gasteiger charge is -2.23. The molecule has 0 fully saturated rings. The molecule has 0 radical (unpaired) electrons. The number of aromatic nitrogens is 2. The van der Waals surface area contributed by atoms with Gasteiger partial charge in [0, 0.05) is 25.6 Å². The fraction of sp³-hybridized carbons (Fsp3) is 0.286. The van der Waals surface area contributed by atoms with Crippen LogP contribution in [0, 0.1) is 0 Å². The first-order chi connectivity index (χ1) is 10.6. The Bertz CT molecular complexity index is 690. The van der Waals surface area contributed by atoms with Crippen LogP contribution in [0.2, 0.25) is 0 Å². The number of hydrogen-bond acceptors (Lipinski definition) is 6. The molecule has 2 aromatic rings. The van der Waals surface area contributed by atoms with E-state index in [4.69, 9.17) is 9.47 Å². The van der Waals surface area contributed by atoms with Crippen LogP contribution in [0.25, 0.3) is 0 Å². The molecule has 0 saturated heterocycles. The third kappa shape index (κ3) is 3.52. The van der Waals surface area contributed by atoms with E-state index >= 15 is 0 Å². The molecule has 0 amide bonds. The molecule has 0 N–H and O–H groups in total. The summed E-state index contributed by atoms with van der Waals surface area (Å²) in [5, 5.41) is 0. The van der Waals surface area contributed by atoms with Gasteiger partial charge in [0.25, 0.3) is 10.0 Å². The number of pyridine rings is 2. The minimum atomic E-state index is -3.74. The highest BCUT2D eigenvalue weighted by molar-refractivity contribution is 7.92. The predicted molar refractivity (Wildman–Crippen MR) is 81.4 cm³/mol. The van der Waals surface area contributed by atoms with Crippen molar-refractivity contribution in [3.63, 3.8) is 0 Å². The van der Waals surface area contributed by atoms with Crippen molar-refractivity contribution in [2.75, 3.05) is 31.7 Å². The SMILES string of the molecule is COCCN(c1ccncc1)S(=O)(=O)c1ccc(OC)nc1. The summed E-state index contributed by atoms with van der Waals surface area (Å²) >= 11 is 0. The van der Waals surface area contributed by atoms with Gasteiger partial charge >= 0.3 is 0 Å². The van der Waals surface area contributed by atoms with Crippen LogP contribution in [-0.4, -0.2) is 45.8 Å². The first-order valence-corrected chi connectivity index (χ1v) is 7.95. The normalized spacial score (nSPS) is 11.2. The van der Waals surface area contributed by atoms with Crippen LogP contribution >= 0.6 is 0 Å². The zero-order valence-corrected chi connectivity index (χ0v) is 13.2. The van der Waals surface area contributed by atoms with E-state index in [0.29, 0.717) is 11.6 Å². The number of methoxy groups -OCH3 is 2. The Morgan fingerprint density at radius 3 is 2.41 bits per heavy atom. The minimum Gasteiger partial charge on any atom is -0.481 e. The van der Waals surface area contributed by atoms with Crippen LogP contribution in [0.4, 0.5) is 5.69 Å². The van der Waals surface area contributed by atoms with E-state index in [1.165, 1.54) is 49.2 Å². The fourth-order valence-corrected chi connectivity index (χ4v) is 3.23. The number of anilines is 1. The second-order valence-electron chi connectivity index (χ2n) is 4.31. The molecular weight excluding hydrogens is 306 g/mol. The number of nitrogens with zero attached hydrogens (tertiary/aromatic N) is 3. The summed E-state index contributed by atoms with van der Waals surface area (Å²) in [6.07, 6.45) is 4.35.